The molecule has 0 aliphatic carbocycles. The lowest BCUT2D eigenvalue weighted by molar-refractivity contribution is 0.409. The Labute approximate surface area is 66.2 Å². The van der Waals surface area contributed by atoms with Gasteiger partial charge in [0.1, 0.15) is 5.75 Å². The maximum absolute atomic E-state index is 12.4. The van der Waals surface area contributed by atoms with Crippen LogP contribution < -0.4 is 4.74 Å². The molecule has 0 amide bonds. The average molecular weight is 206 g/mol. The lowest BCUT2D eigenvalue weighted by Crippen LogP contribution is -1.87. The van der Waals surface area contributed by atoms with Gasteiger partial charge in [-0.15, -0.1) is 0 Å². The third-order valence-corrected chi connectivity index (χ3v) is 1.56. The molecule has 1 aromatic rings. The van der Waals surface area contributed by atoms with E-state index in [-0.39, 0.29) is 0 Å². The molecule has 0 atom stereocenters. The van der Waals surface area contributed by atoms with Crippen molar-refractivity contribution < 1.29 is 9.13 Å². The van der Waals surface area contributed by atoms with Crippen molar-refractivity contribution in [2.75, 3.05) is 7.11 Å². The number of rotatable bonds is 1. The number of nitrogens with zero attached hydrogens (tertiary/aromatic N) is 1. The fourth-order valence-electron chi connectivity index (χ4n) is 0.515. The molecule has 0 aromatic carbocycles. The van der Waals surface area contributed by atoms with Gasteiger partial charge in [-0.05, 0) is 15.9 Å². The minimum Gasteiger partial charge on any atom is -0.495 e. The third-order valence-electron chi connectivity index (χ3n) is 1.01. The summed E-state index contributed by atoms with van der Waals surface area (Å²) < 4.78 is 17.5. The molecule has 54 valence electrons. The second-order valence-electron chi connectivity index (χ2n) is 1.65. The first-order valence-corrected chi connectivity index (χ1v) is 3.38. The van der Waals surface area contributed by atoms with Crippen molar-refractivity contribution in [1.82, 2.24) is 4.98 Å². The van der Waals surface area contributed by atoms with Crippen LogP contribution in [0.4, 0.5) is 4.39 Å². The van der Waals surface area contributed by atoms with Crippen LogP contribution in [0.15, 0.2) is 16.7 Å². The molecule has 4 heteroatoms. The highest BCUT2D eigenvalue weighted by Gasteiger charge is 2.00. The molecule has 0 radical (unpaired) electrons. The summed E-state index contributed by atoms with van der Waals surface area (Å²) in [4.78, 5) is 3.41. The Morgan fingerprint density at radius 3 is 2.90 bits per heavy atom. The first-order chi connectivity index (χ1) is 4.74. The van der Waals surface area contributed by atoms with E-state index >= 15 is 0 Å². The van der Waals surface area contributed by atoms with Crippen molar-refractivity contribution in [1.29, 1.82) is 0 Å². The summed E-state index contributed by atoms with van der Waals surface area (Å²) in [5, 5.41) is 0. The van der Waals surface area contributed by atoms with Crippen LogP contribution in [-0.2, 0) is 0 Å². The summed E-state index contributed by atoms with van der Waals surface area (Å²) >= 11 is 2.97. The van der Waals surface area contributed by atoms with Crippen LogP contribution in [0.5, 0.6) is 5.75 Å². The van der Waals surface area contributed by atoms with Crippen LogP contribution >= 0.6 is 15.9 Å². The zero-order valence-corrected chi connectivity index (χ0v) is 6.85. The molecule has 1 aromatic heterocycles. The normalized spacial score (nSPS) is 9.50. The van der Waals surface area contributed by atoms with E-state index in [1.807, 2.05) is 0 Å². The van der Waals surface area contributed by atoms with Crippen molar-refractivity contribution in [2.24, 2.45) is 0 Å². The van der Waals surface area contributed by atoms with E-state index in [0.717, 1.165) is 0 Å². The smallest absolute Gasteiger partial charge is 0.227 e. The number of ether oxygens (including phenoxy) is 1. The van der Waals surface area contributed by atoms with Crippen LogP contribution in [0.3, 0.4) is 0 Å². The van der Waals surface area contributed by atoms with Crippen LogP contribution in [-0.4, -0.2) is 12.1 Å². The van der Waals surface area contributed by atoms with Crippen molar-refractivity contribution in [3.63, 3.8) is 0 Å². The second kappa shape index (κ2) is 2.96. The highest BCUT2D eigenvalue weighted by atomic mass is 79.9. The molecular weight excluding hydrogens is 201 g/mol. The van der Waals surface area contributed by atoms with Gasteiger partial charge >= 0.3 is 0 Å². The van der Waals surface area contributed by atoms with E-state index in [9.17, 15) is 4.39 Å². The number of hydrogen-bond acceptors (Lipinski definition) is 2. The Hall–Kier alpha value is -0.640. The monoisotopic (exact) mass is 205 g/mol. The van der Waals surface area contributed by atoms with Gasteiger partial charge in [-0.1, -0.05) is 0 Å². The van der Waals surface area contributed by atoms with Gasteiger partial charge in [0.25, 0.3) is 0 Å². The van der Waals surface area contributed by atoms with Crippen molar-refractivity contribution in [2.45, 2.75) is 0 Å². The fourth-order valence-corrected chi connectivity index (χ4v) is 0.843. The zero-order chi connectivity index (χ0) is 7.56. The van der Waals surface area contributed by atoms with Crippen LogP contribution in [0.1, 0.15) is 0 Å². The first kappa shape index (κ1) is 7.47. The summed E-state index contributed by atoms with van der Waals surface area (Å²) in [5.41, 5.74) is 0. The van der Waals surface area contributed by atoms with E-state index in [1.54, 1.807) is 0 Å². The third kappa shape index (κ3) is 1.44. The first-order valence-electron chi connectivity index (χ1n) is 2.59. The molecule has 0 saturated carbocycles. The van der Waals surface area contributed by atoms with E-state index in [0.29, 0.717) is 10.2 Å². The maximum atomic E-state index is 12.4. The molecule has 0 aliphatic rings. The molecule has 0 aliphatic heterocycles. The molecule has 10 heavy (non-hydrogen) atoms. The Kier molecular flexibility index (Phi) is 2.21. The van der Waals surface area contributed by atoms with Gasteiger partial charge < -0.3 is 4.74 Å². The maximum Gasteiger partial charge on any atom is 0.227 e. The predicted octanol–water partition coefficient (Wildman–Crippen LogP) is 1.99. The summed E-state index contributed by atoms with van der Waals surface area (Å²) in [7, 11) is 1.50. The summed E-state index contributed by atoms with van der Waals surface area (Å²) in [6, 6.07) is 1.52. The molecule has 0 spiro atoms. The zero-order valence-electron chi connectivity index (χ0n) is 5.27. The Morgan fingerprint density at radius 2 is 2.40 bits per heavy atom. The summed E-state index contributed by atoms with van der Waals surface area (Å²) in [6.45, 7) is 0. The molecule has 0 fully saturated rings. The van der Waals surface area contributed by atoms with E-state index in [1.165, 1.54) is 19.4 Å². The minimum absolute atomic E-state index is 0.312. The molecule has 1 rings (SSSR count). The van der Waals surface area contributed by atoms with Crippen molar-refractivity contribution >= 4 is 15.9 Å². The van der Waals surface area contributed by atoms with Gasteiger partial charge in [-0.25, -0.2) is 4.98 Å². The van der Waals surface area contributed by atoms with Crippen LogP contribution in [0.2, 0.25) is 0 Å². The van der Waals surface area contributed by atoms with E-state index in [2.05, 4.69) is 20.9 Å². The number of halogens is 2. The molecule has 0 saturated heterocycles. The van der Waals surface area contributed by atoms with Gasteiger partial charge in [-0.3, -0.25) is 0 Å². The minimum atomic E-state index is -0.527. The highest BCUT2D eigenvalue weighted by molar-refractivity contribution is 9.10. The average Bonchev–Trinajstić information content (AvgIpc) is 1.95. The summed E-state index contributed by atoms with van der Waals surface area (Å²) in [6.07, 6.45) is 1.32. The lowest BCUT2D eigenvalue weighted by Gasteiger charge is -1.98. The largest absolute Gasteiger partial charge is 0.495 e. The number of methoxy groups -OCH3 is 1. The SMILES string of the molecule is COc1cnc(F)c(Br)c1. The fraction of sp³-hybridized carbons (Fsp3) is 0.167. The van der Waals surface area contributed by atoms with Crippen molar-refractivity contribution in [3.05, 3.63) is 22.7 Å². The van der Waals surface area contributed by atoms with E-state index < -0.39 is 5.95 Å². The quantitative estimate of drug-likeness (QED) is 0.655. The van der Waals surface area contributed by atoms with Gasteiger partial charge in [0, 0.05) is 6.07 Å². The number of hydrogen-bond donors (Lipinski definition) is 0. The van der Waals surface area contributed by atoms with Gasteiger partial charge in [0.2, 0.25) is 5.95 Å². The van der Waals surface area contributed by atoms with Crippen LogP contribution in [0.25, 0.3) is 0 Å². The summed E-state index contributed by atoms with van der Waals surface area (Å²) in [5.74, 6) is 0.00840. The number of pyridine rings is 1. The highest BCUT2D eigenvalue weighted by Crippen LogP contribution is 2.18. The molecule has 0 bridgehead atoms. The molecule has 0 N–H and O–H groups in total. The lowest BCUT2D eigenvalue weighted by atomic mass is 10.5. The van der Waals surface area contributed by atoms with Crippen LogP contribution in [0, 0.1) is 5.95 Å². The number of aromatic nitrogens is 1. The van der Waals surface area contributed by atoms with Gasteiger partial charge in [-0.2, -0.15) is 4.39 Å². The topological polar surface area (TPSA) is 22.1 Å². The Balaban J connectivity index is 3.04. The molecule has 0 unspecified atom stereocenters. The van der Waals surface area contributed by atoms with E-state index in [4.69, 9.17) is 4.74 Å². The predicted molar refractivity (Wildman–Crippen MR) is 38.4 cm³/mol. The molecule has 2 nitrogen and oxygen atoms in total. The van der Waals surface area contributed by atoms with Gasteiger partial charge in [0.15, 0.2) is 0 Å². The molecular formula is C6H5BrFNO. The second-order valence-corrected chi connectivity index (χ2v) is 2.50. The van der Waals surface area contributed by atoms with Gasteiger partial charge in [0.05, 0.1) is 17.8 Å². The van der Waals surface area contributed by atoms with Crippen molar-refractivity contribution in [3.8, 4) is 5.75 Å². The Morgan fingerprint density at radius 1 is 1.70 bits per heavy atom. The standard InChI is InChI=1S/C6H5BrFNO/c1-10-4-2-5(7)6(8)9-3-4/h2-3H,1H3. The Bertz CT molecular complexity index is 241. The molecule has 1 heterocycles.